The molecule has 11 heteroatoms. The molecule has 0 bridgehead atoms. The lowest BCUT2D eigenvalue weighted by molar-refractivity contribution is -0.0384. The van der Waals surface area contributed by atoms with E-state index in [1.165, 1.54) is 18.2 Å². The Morgan fingerprint density at radius 1 is 0.963 bits per heavy atom. The quantitative estimate of drug-likeness (QED) is 0.820. The van der Waals surface area contributed by atoms with Gasteiger partial charge in [-0.25, -0.2) is 12.6 Å². The third-order valence-corrected chi connectivity index (χ3v) is 6.06. The first-order chi connectivity index (χ1) is 12.7. The first-order valence-corrected chi connectivity index (χ1v) is 10.3. The van der Waals surface area contributed by atoms with Crippen molar-refractivity contribution in [2.24, 2.45) is 0 Å². The molecule has 6 nitrogen and oxygen atoms in total. The number of nitrogens with one attached hydrogen (secondary N) is 1. The van der Waals surface area contributed by atoms with Gasteiger partial charge in [0.2, 0.25) is 0 Å². The predicted molar refractivity (Wildman–Crippen MR) is 91.8 cm³/mol. The van der Waals surface area contributed by atoms with Crippen LogP contribution in [0.2, 0.25) is 0 Å². The Kier molecular flexibility index (Phi) is 5.33. The van der Waals surface area contributed by atoms with E-state index < -0.39 is 31.2 Å². The Morgan fingerprint density at radius 3 is 2.22 bits per heavy atom. The van der Waals surface area contributed by atoms with Crippen molar-refractivity contribution in [2.45, 2.75) is 21.7 Å². The van der Waals surface area contributed by atoms with Crippen molar-refractivity contribution < 1.29 is 35.3 Å². The maximum atomic E-state index is 12.5. The van der Waals surface area contributed by atoms with Crippen molar-refractivity contribution >= 4 is 26.5 Å². The first kappa shape index (κ1) is 19.5. The second-order valence-electron chi connectivity index (χ2n) is 5.50. The molecular formula is C16H14F3NO5S2. The molecule has 0 aliphatic carbocycles. The average Bonchev–Trinajstić information content (AvgIpc) is 2.85. The summed E-state index contributed by atoms with van der Waals surface area (Å²) in [5, 5.41) is 0. The molecule has 0 saturated carbocycles. The molecule has 2 aromatic rings. The van der Waals surface area contributed by atoms with E-state index in [1.807, 2.05) is 0 Å². The van der Waals surface area contributed by atoms with Gasteiger partial charge >= 0.3 is 5.51 Å². The molecular weight excluding hydrogens is 407 g/mol. The molecule has 0 unspecified atom stereocenters. The van der Waals surface area contributed by atoms with Crippen molar-refractivity contribution in [2.75, 3.05) is 17.9 Å². The molecule has 0 spiro atoms. The first-order valence-electron chi connectivity index (χ1n) is 7.68. The van der Waals surface area contributed by atoms with Crippen molar-refractivity contribution in [3.8, 4) is 11.5 Å². The molecule has 1 aliphatic heterocycles. The van der Waals surface area contributed by atoms with Gasteiger partial charge in [-0.15, -0.1) is 0 Å². The SMILES string of the molecule is O=[S@](c1ccc(NS(=O)(=O)c2ccc3c(c2)OCCCO3)cc1)C(F)(F)F. The lowest BCUT2D eigenvalue weighted by atomic mass is 10.3. The number of anilines is 1. The van der Waals surface area contributed by atoms with Crippen LogP contribution in [0.3, 0.4) is 0 Å². The summed E-state index contributed by atoms with van der Waals surface area (Å²) in [5.41, 5.74) is -4.85. The zero-order valence-electron chi connectivity index (χ0n) is 13.7. The van der Waals surface area contributed by atoms with E-state index in [9.17, 15) is 25.8 Å². The van der Waals surface area contributed by atoms with Crippen molar-refractivity contribution in [3.63, 3.8) is 0 Å². The van der Waals surface area contributed by atoms with Crippen LogP contribution in [0.25, 0.3) is 0 Å². The molecule has 1 N–H and O–H groups in total. The van der Waals surface area contributed by atoms with Gasteiger partial charge in [0.15, 0.2) is 22.3 Å². The second-order valence-corrected chi connectivity index (χ2v) is 8.66. The van der Waals surface area contributed by atoms with Gasteiger partial charge in [-0.05, 0) is 36.4 Å². The Morgan fingerprint density at radius 2 is 1.59 bits per heavy atom. The minimum absolute atomic E-state index is 0.0324. The number of hydrogen-bond acceptors (Lipinski definition) is 5. The average molecular weight is 421 g/mol. The van der Waals surface area contributed by atoms with Gasteiger partial charge in [-0.1, -0.05) is 0 Å². The van der Waals surface area contributed by atoms with Gasteiger partial charge in [-0.2, -0.15) is 13.2 Å². The maximum absolute atomic E-state index is 12.5. The van der Waals surface area contributed by atoms with Crippen LogP contribution in [0.15, 0.2) is 52.3 Å². The molecule has 1 atom stereocenters. The van der Waals surface area contributed by atoms with E-state index in [0.717, 1.165) is 24.3 Å². The summed E-state index contributed by atoms with van der Waals surface area (Å²) < 4.78 is 86.8. The summed E-state index contributed by atoms with van der Waals surface area (Å²) in [6.45, 7) is 0.852. The van der Waals surface area contributed by atoms with Crippen LogP contribution >= 0.6 is 0 Å². The highest BCUT2D eigenvalue weighted by atomic mass is 32.2. The summed E-state index contributed by atoms with van der Waals surface area (Å²) in [6.07, 6.45) is 0.667. The number of fused-ring (bicyclic) bond motifs is 1. The number of alkyl halides is 3. The number of hydrogen-bond donors (Lipinski definition) is 1. The molecule has 0 radical (unpaired) electrons. The van der Waals surface area contributed by atoms with E-state index in [0.29, 0.717) is 31.1 Å². The molecule has 3 rings (SSSR count). The Labute approximate surface area is 155 Å². The zero-order valence-corrected chi connectivity index (χ0v) is 15.3. The standard InChI is InChI=1S/C16H14F3NO5S2/c17-16(18,19)26(21)12-4-2-11(3-5-12)20-27(22,23)13-6-7-14-15(10-13)25-9-1-8-24-14/h2-7,10,20H,1,8-9H2/t26-/m1/s1. The highest BCUT2D eigenvalue weighted by Gasteiger charge is 2.37. The molecule has 1 aliphatic rings. The van der Waals surface area contributed by atoms with Crippen LogP contribution in [0, 0.1) is 0 Å². The van der Waals surface area contributed by atoms with Gasteiger partial charge in [0, 0.05) is 23.1 Å². The van der Waals surface area contributed by atoms with Gasteiger partial charge in [0.1, 0.15) is 0 Å². The van der Waals surface area contributed by atoms with Crippen LogP contribution in [0.1, 0.15) is 6.42 Å². The molecule has 1 heterocycles. The Bertz CT molecular complexity index is 959. The summed E-state index contributed by atoms with van der Waals surface area (Å²) in [6, 6.07) is 8.26. The molecule has 0 amide bonds. The normalized spacial score (nSPS) is 15.7. The lowest BCUT2D eigenvalue weighted by Gasteiger charge is -2.12. The fourth-order valence-corrected chi connectivity index (χ4v) is 4.03. The fraction of sp³-hybridized carbons (Fsp3) is 0.250. The van der Waals surface area contributed by atoms with Crippen molar-refractivity contribution in [1.29, 1.82) is 0 Å². The van der Waals surface area contributed by atoms with Crippen LogP contribution in [0.5, 0.6) is 11.5 Å². The number of benzene rings is 2. The summed E-state index contributed by atoms with van der Waals surface area (Å²) in [4.78, 5) is -0.560. The highest BCUT2D eigenvalue weighted by Crippen LogP contribution is 2.33. The van der Waals surface area contributed by atoms with Crippen molar-refractivity contribution in [3.05, 3.63) is 42.5 Å². The van der Waals surface area contributed by atoms with Crippen LogP contribution in [-0.2, 0) is 20.8 Å². The van der Waals surface area contributed by atoms with Gasteiger partial charge < -0.3 is 9.47 Å². The largest absolute Gasteiger partial charge is 0.490 e. The number of ether oxygens (including phenoxy) is 2. The summed E-state index contributed by atoms with van der Waals surface area (Å²) in [7, 11) is -7.18. The van der Waals surface area contributed by atoms with E-state index in [2.05, 4.69) is 4.72 Å². The molecule has 0 fully saturated rings. The number of halogens is 3. The van der Waals surface area contributed by atoms with Gasteiger partial charge in [0.05, 0.1) is 18.1 Å². The fourth-order valence-electron chi connectivity index (χ4n) is 2.31. The third kappa shape index (κ3) is 4.53. The lowest BCUT2D eigenvalue weighted by Crippen LogP contribution is -2.16. The molecule has 0 aromatic heterocycles. The smallest absolute Gasteiger partial charge is 0.475 e. The van der Waals surface area contributed by atoms with Crippen LogP contribution in [0.4, 0.5) is 18.9 Å². The molecule has 2 aromatic carbocycles. The summed E-state index contributed by atoms with van der Waals surface area (Å²) in [5.74, 6) is 0.733. The Balaban J connectivity index is 1.80. The van der Waals surface area contributed by atoms with E-state index in [-0.39, 0.29) is 10.6 Å². The number of sulfonamides is 1. The predicted octanol–water partition coefficient (Wildman–Crippen LogP) is 3.28. The van der Waals surface area contributed by atoms with Crippen LogP contribution in [-0.4, -0.2) is 31.3 Å². The minimum Gasteiger partial charge on any atom is -0.490 e. The summed E-state index contributed by atoms with van der Waals surface area (Å²) >= 11 is 0. The highest BCUT2D eigenvalue weighted by molar-refractivity contribution is 7.92. The maximum Gasteiger partial charge on any atom is 0.475 e. The van der Waals surface area contributed by atoms with E-state index in [4.69, 9.17) is 9.47 Å². The monoisotopic (exact) mass is 421 g/mol. The van der Waals surface area contributed by atoms with E-state index >= 15 is 0 Å². The van der Waals surface area contributed by atoms with Crippen molar-refractivity contribution in [1.82, 2.24) is 0 Å². The topological polar surface area (TPSA) is 81.7 Å². The minimum atomic E-state index is -4.88. The number of rotatable bonds is 4. The van der Waals surface area contributed by atoms with Gasteiger partial charge in [0.25, 0.3) is 10.0 Å². The third-order valence-electron chi connectivity index (χ3n) is 3.56. The van der Waals surface area contributed by atoms with Crippen LogP contribution < -0.4 is 14.2 Å². The van der Waals surface area contributed by atoms with Gasteiger partial charge in [-0.3, -0.25) is 4.72 Å². The Hall–Kier alpha value is -2.27. The molecule has 0 saturated heterocycles. The molecule has 27 heavy (non-hydrogen) atoms. The van der Waals surface area contributed by atoms with E-state index in [1.54, 1.807) is 0 Å². The molecule has 146 valence electrons. The second kappa shape index (κ2) is 7.39. The zero-order chi connectivity index (χ0) is 19.7.